The molecule has 0 spiro atoms. The van der Waals surface area contributed by atoms with E-state index in [9.17, 15) is 4.39 Å². The van der Waals surface area contributed by atoms with Gasteiger partial charge in [-0.25, -0.2) is 8.91 Å². The van der Waals surface area contributed by atoms with Crippen molar-refractivity contribution in [3.63, 3.8) is 0 Å². The Morgan fingerprint density at radius 3 is 2.91 bits per heavy atom. The van der Waals surface area contributed by atoms with Crippen LogP contribution in [-0.2, 0) is 13.0 Å². The van der Waals surface area contributed by atoms with Crippen molar-refractivity contribution < 1.29 is 8.81 Å². The van der Waals surface area contributed by atoms with Crippen LogP contribution in [-0.4, -0.2) is 22.3 Å². The van der Waals surface area contributed by atoms with Crippen LogP contribution in [0, 0.1) is 0 Å². The summed E-state index contributed by atoms with van der Waals surface area (Å²) in [5, 5.41) is 8.09. The highest BCUT2D eigenvalue weighted by atomic mass is 35.5. The molecular weight excluding hydrogens is 342 g/mol. The molecule has 3 aromatic heterocycles. The fraction of sp³-hybridized carbons (Fsp3) is 0.267. The second-order valence-electron chi connectivity index (χ2n) is 5.19. The van der Waals surface area contributed by atoms with E-state index in [2.05, 4.69) is 10.4 Å². The lowest BCUT2D eigenvalue weighted by atomic mass is 10.1. The Bertz CT molecular complexity index is 804. The smallest absolute Gasteiger partial charge is 0.152 e. The minimum absolute atomic E-state index is 0.290. The third-order valence-corrected chi connectivity index (χ3v) is 4.03. The number of anilines is 1. The molecule has 8 heteroatoms. The lowest BCUT2D eigenvalue weighted by Crippen LogP contribution is -2.24. The average Bonchev–Trinajstić information content (AvgIpc) is 3.15. The zero-order valence-corrected chi connectivity index (χ0v) is 13.6. The topological polar surface area (TPSA) is 68.5 Å². The molecular formula is C15H15Cl2FN4O. The SMILES string of the molecule is N[C@@H](CF)Cc1cc2c(NCc3ccco3)cc(Cl)nn2c1Cl. The standard InChI is InChI=1S/C15H15Cl2FN4O/c16-14-6-12(20-8-11-2-1-3-23-11)13-5-9(4-10(19)7-18)15(17)22(13)21-14/h1-3,5-6,10,20H,4,7-8,19H2/t10-/m1/s1. The van der Waals surface area contributed by atoms with Crippen molar-refractivity contribution in [3.8, 4) is 0 Å². The van der Waals surface area contributed by atoms with Crippen LogP contribution in [0.15, 0.2) is 34.9 Å². The van der Waals surface area contributed by atoms with Gasteiger partial charge in [0.2, 0.25) is 0 Å². The van der Waals surface area contributed by atoms with E-state index < -0.39 is 12.7 Å². The van der Waals surface area contributed by atoms with E-state index in [1.807, 2.05) is 18.2 Å². The molecule has 0 aliphatic carbocycles. The summed E-state index contributed by atoms with van der Waals surface area (Å²) in [7, 11) is 0. The first-order chi connectivity index (χ1) is 11.1. The Balaban J connectivity index is 1.95. The van der Waals surface area contributed by atoms with E-state index in [0.717, 1.165) is 22.5 Å². The Hall–Kier alpha value is -1.76. The van der Waals surface area contributed by atoms with Gasteiger partial charge in [0.05, 0.1) is 24.0 Å². The van der Waals surface area contributed by atoms with Crippen LogP contribution in [0.5, 0.6) is 0 Å². The second kappa shape index (κ2) is 6.78. The molecule has 0 saturated heterocycles. The summed E-state index contributed by atoms with van der Waals surface area (Å²) in [5.74, 6) is 0.786. The largest absolute Gasteiger partial charge is 0.467 e. The number of furan rings is 1. The van der Waals surface area contributed by atoms with Crippen molar-refractivity contribution in [2.45, 2.75) is 19.0 Å². The van der Waals surface area contributed by atoms with E-state index in [1.165, 1.54) is 4.52 Å². The minimum atomic E-state index is -0.611. The summed E-state index contributed by atoms with van der Waals surface area (Å²) in [6, 6.07) is 6.63. The Kier molecular flexibility index (Phi) is 4.75. The molecule has 3 rings (SSSR count). The molecule has 0 aliphatic heterocycles. The fourth-order valence-corrected chi connectivity index (χ4v) is 2.80. The number of alkyl halides is 1. The summed E-state index contributed by atoms with van der Waals surface area (Å²) in [5.41, 5.74) is 7.89. The maximum absolute atomic E-state index is 12.6. The number of fused-ring (bicyclic) bond motifs is 1. The zero-order chi connectivity index (χ0) is 16.4. The molecule has 0 aliphatic rings. The van der Waals surface area contributed by atoms with Gasteiger partial charge in [-0.15, -0.1) is 0 Å². The van der Waals surface area contributed by atoms with Gasteiger partial charge in [0.15, 0.2) is 5.15 Å². The Morgan fingerprint density at radius 1 is 1.39 bits per heavy atom. The number of hydrogen-bond acceptors (Lipinski definition) is 4. The predicted molar refractivity (Wildman–Crippen MR) is 88.9 cm³/mol. The van der Waals surface area contributed by atoms with Gasteiger partial charge < -0.3 is 15.5 Å². The molecule has 3 aromatic rings. The van der Waals surface area contributed by atoms with Gasteiger partial charge in [-0.2, -0.15) is 5.10 Å². The third kappa shape index (κ3) is 3.44. The number of rotatable bonds is 6. The van der Waals surface area contributed by atoms with Crippen LogP contribution in [0.2, 0.25) is 10.3 Å². The third-order valence-electron chi connectivity index (χ3n) is 3.44. The highest BCUT2D eigenvalue weighted by Crippen LogP contribution is 2.29. The number of nitrogens with zero attached hydrogens (tertiary/aromatic N) is 2. The molecule has 0 saturated carbocycles. The molecule has 0 unspecified atom stereocenters. The molecule has 122 valence electrons. The van der Waals surface area contributed by atoms with Crippen LogP contribution in [0.4, 0.5) is 10.1 Å². The highest BCUT2D eigenvalue weighted by Gasteiger charge is 2.16. The average molecular weight is 357 g/mol. The molecule has 23 heavy (non-hydrogen) atoms. The van der Waals surface area contributed by atoms with E-state index >= 15 is 0 Å². The first-order valence-corrected chi connectivity index (χ1v) is 7.78. The number of halogens is 3. The summed E-state index contributed by atoms with van der Waals surface area (Å²) in [4.78, 5) is 0. The van der Waals surface area contributed by atoms with Crippen LogP contribution < -0.4 is 11.1 Å². The van der Waals surface area contributed by atoms with Crippen LogP contribution >= 0.6 is 23.2 Å². The van der Waals surface area contributed by atoms with Crippen molar-refractivity contribution in [1.29, 1.82) is 0 Å². The van der Waals surface area contributed by atoms with Crippen molar-refractivity contribution in [2.24, 2.45) is 5.73 Å². The van der Waals surface area contributed by atoms with Crippen LogP contribution in [0.1, 0.15) is 11.3 Å². The van der Waals surface area contributed by atoms with E-state index in [-0.39, 0.29) is 0 Å². The highest BCUT2D eigenvalue weighted by molar-refractivity contribution is 6.31. The van der Waals surface area contributed by atoms with Gasteiger partial charge in [-0.1, -0.05) is 23.2 Å². The molecule has 0 aromatic carbocycles. The fourth-order valence-electron chi connectivity index (χ4n) is 2.35. The number of hydrogen-bond donors (Lipinski definition) is 2. The molecule has 0 fully saturated rings. The minimum Gasteiger partial charge on any atom is -0.467 e. The van der Waals surface area contributed by atoms with Crippen molar-refractivity contribution >= 4 is 34.4 Å². The van der Waals surface area contributed by atoms with Gasteiger partial charge in [0, 0.05) is 12.1 Å². The Labute approximate surface area is 142 Å². The number of nitrogens with two attached hydrogens (primary N) is 1. The van der Waals surface area contributed by atoms with Crippen molar-refractivity contribution in [1.82, 2.24) is 9.61 Å². The van der Waals surface area contributed by atoms with Crippen LogP contribution in [0.25, 0.3) is 5.52 Å². The number of nitrogens with one attached hydrogen (secondary N) is 1. The van der Waals surface area contributed by atoms with Crippen molar-refractivity contribution in [2.75, 3.05) is 12.0 Å². The van der Waals surface area contributed by atoms with Gasteiger partial charge in [-0.05, 0) is 30.2 Å². The van der Waals surface area contributed by atoms with E-state index in [1.54, 1.807) is 12.3 Å². The zero-order valence-electron chi connectivity index (χ0n) is 12.1. The quantitative estimate of drug-likeness (QED) is 0.706. The summed E-state index contributed by atoms with van der Waals surface area (Å²) < 4.78 is 19.5. The molecule has 3 heterocycles. The molecule has 3 N–H and O–H groups in total. The van der Waals surface area contributed by atoms with Gasteiger partial charge >= 0.3 is 0 Å². The molecule has 0 amide bonds. The van der Waals surface area contributed by atoms with E-state index in [4.69, 9.17) is 33.4 Å². The normalized spacial score (nSPS) is 12.7. The molecule has 1 atom stereocenters. The maximum atomic E-state index is 12.6. The second-order valence-corrected chi connectivity index (χ2v) is 5.93. The number of aromatic nitrogens is 2. The summed E-state index contributed by atoms with van der Waals surface area (Å²) in [6.07, 6.45) is 1.94. The lowest BCUT2D eigenvalue weighted by molar-refractivity contribution is 0.427. The van der Waals surface area contributed by atoms with E-state index in [0.29, 0.717) is 23.3 Å². The lowest BCUT2D eigenvalue weighted by Gasteiger charge is -2.07. The summed E-state index contributed by atoms with van der Waals surface area (Å²) >= 11 is 12.4. The first kappa shape index (κ1) is 16.1. The first-order valence-electron chi connectivity index (χ1n) is 7.03. The molecule has 0 bridgehead atoms. The predicted octanol–water partition coefficient (Wildman–Crippen LogP) is 3.69. The molecule has 0 radical (unpaired) electrons. The summed E-state index contributed by atoms with van der Waals surface area (Å²) in [6.45, 7) is -0.120. The molecule has 5 nitrogen and oxygen atoms in total. The Morgan fingerprint density at radius 2 is 2.22 bits per heavy atom. The van der Waals surface area contributed by atoms with Crippen molar-refractivity contribution in [3.05, 3.63) is 52.2 Å². The maximum Gasteiger partial charge on any atom is 0.152 e. The van der Waals surface area contributed by atoms with Gasteiger partial charge in [-0.3, -0.25) is 0 Å². The van der Waals surface area contributed by atoms with Gasteiger partial charge in [0.25, 0.3) is 0 Å². The van der Waals surface area contributed by atoms with Gasteiger partial charge in [0.1, 0.15) is 17.6 Å². The van der Waals surface area contributed by atoms with Crippen LogP contribution in [0.3, 0.4) is 0 Å². The monoisotopic (exact) mass is 356 g/mol.